The molecule has 0 bridgehead atoms. The van der Waals surface area contributed by atoms with Gasteiger partial charge in [0, 0.05) is 6.08 Å². The van der Waals surface area contributed by atoms with Gasteiger partial charge in [0.2, 0.25) is 0 Å². The molecule has 0 fully saturated rings. The summed E-state index contributed by atoms with van der Waals surface area (Å²) in [5.41, 5.74) is 1.25. The first-order chi connectivity index (χ1) is 7.22. The summed E-state index contributed by atoms with van der Waals surface area (Å²) in [4.78, 5) is 10.2. The Kier molecular flexibility index (Phi) is 4.41. The van der Waals surface area contributed by atoms with E-state index in [-0.39, 0.29) is 6.61 Å². The van der Waals surface area contributed by atoms with Crippen LogP contribution >= 0.6 is 0 Å². The van der Waals surface area contributed by atoms with Crippen LogP contribution in [0.3, 0.4) is 0 Å². The van der Waals surface area contributed by atoms with E-state index in [2.05, 4.69) is 6.92 Å². The van der Waals surface area contributed by atoms with Crippen molar-refractivity contribution in [2.45, 2.75) is 13.3 Å². The molecule has 0 saturated heterocycles. The van der Waals surface area contributed by atoms with Crippen molar-refractivity contribution in [3.8, 4) is 5.75 Å². The van der Waals surface area contributed by atoms with E-state index in [1.807, 2.05) is 24.3 Å². The summed E-state index contributed by atoms with van der Waals surface area (Å²) in [6.45, 7) is 2.36. The van der Waals surface area contributed by atoms with Crippen LogP contribution in [0, 0.1) is 0 Å². The van der Waals surface area contributed by atoms with Gasteiger partial charge in [0.1, 0.15) is 12.4 Å². The summed E-state index contributed by atoms with van der Waals surface area (Å²) in [5.74, 6) is -0.206. The fourth-order valence-electron chi connectivity index (χ4n) is 1.11. The maximum Gasteiger partial charge on any atom is 0.328 e. The number of carboxylic acid groups (broad SMARTS) is 1. The van der Waals surface area contributed by atoms with Gasteiger partial charge in [0.25, 0.3) is 0 Å². The van der Waals surface area contributed by atoms with E-state index in [4.69, 9.17) is 9.84 Å². The molecule has 1 N–H and O–H groups in total. The predicted octanol–water partition coefficient (Wildman–Crippen LogP) is 2.27. The molecular weight excluding hydrogens is 192 g/mol. The van der Waals surface area contributed by atoms with Crippen LogP contribution in [0.5, 0.6) is 5.75 Å². The van der Waals surface area contributed by atoms with Gasteiger partial charge in [-0.2, -0.15) is 0 Å². The molecule has 1 aromatic rings. The number of aliphatic carboxylic acids is 1. The first-order valence-electron chi connectivity index (χ1n) is 4.83. The fourth-order valence-corrected chi connectivity index (χ4v) is 1.11. The molecule has 0 atom stereocenters. The molecule has 0 unspecified atom stereocenters. The summed E-state index contributed by atoms with van der Waals surface area (Å²) in [5, 5.41) is 8.34. The summed E-state index contributed by atoms with van der Waals surface area (Å²) in [6, 6.07) is 7.76. The van der Waals surface area contributed by atoms with E-state index < -0.39 is 5.97 Å². The van der Waals surface area contributed by atoms with Gasteiger partial charge in [-0.3, -0.25) is 0 Å². The fraction of sp³-hybridized carbons (Fsp3) is 0.250. The van der Waals surface area contributed by atoms with E-state index >= 15 is 0 Å². The molecule has 80 valence electrons. The summed E-state index contributed by atoms with van der Waals surface area (Å²) in [7, 11) is 0. The molecule has 1 aromatic carbocycles. The van der Waals surface area contributed by atoms with E-state index in [1.165, 1.54) is 11.6 Å². The number of carbonyl (C=O) groups is 1. The highest BCUT2D eigenvalue weighted by molar-refractivity contribution is 5.79. The van der Waals surface area contributed by atoms with Gasteiger partial charge in [-0.25, -0.2) is 4.79 Å². The second-order valence-electron chi connectivity index (χ2n) is 3.05. The van der Waals surface area contributed by atoms with E-state index in [0.29, 0.717) is 0 Å². The number of carboxylic acids is 1. The third-order valence-corrected chi connectivity index (χ3v) is 1.94. The lowest BCUT2D eigenvalue weighted by atomic mass is 10.2. The highest BCUT2D eigenvalue weighted by Gasteiger charge is 1.92. The zero-order chi connectivity index (χ0) is 11.1. The Bertz CT molecular complexity index is 338. The average Bonchev–Trinajstić information content (AvgIpc) is 2.25. The number of aryl methyl sites for hydroxylation is 1. The van der Waals surface area contributed by atoms with Gasteiger partial charge in [-0.05, 0) is 30.2 Å². The van der Waals surface area contributed by atoms with Gasteiger partial charge in [0.05, 0.1) is 0 Å². The van der Waals surface area contributed by atoms with Crippen LogP contribution in [0.15, 0.2) is 36.4 Å². The van der Waals surface area contributed by atoms with Crippen LogP contribution in [0.1, 0.15) is 12.5 Å². The molecule has 1 rings (SSSR count). The van der Waals surface area contributed by atoms with Gasteiger partial charge in [0.15, 0.2) is 0 Å². The molecule has 0 heterocycles. The van der Waals surface area contributed by atoms with Gasteiger partial charge < -0.3 is 9.84 Å². The highest BCUT2D eigenvalue weighted by Crippen LogP contribution is 2.12. The van der Waals surface area contributed by atoms with Gasteiger partial charge >= 0.3 is 5.97 Å². The predicted molar refractivity (Wildman–Crippen MR) is 58.1 cm³/mol. The van der Waals surface area contributed by atoms with Crippen LogP contribution in [-0.2, 0) is 11.2 Å². The summed E-state index contributed by atoms with van der Waals surface area (Å²) in [6.07, 6.45) is 3.54. The number of benzene rings is 1. The first kappa shape index (κ1) is 11.3. The number of hydrogen-bond donors (Lipinski definition) is 1. The Balaban J connectivity index is 2.41. The quantitative estimate of drug-likeness (QED) is 0.752. The second kappa shape index (κ2) is 5.86. The molecule has 0 spiro atoms. The molecule has 0 amide bonds. The molecule has 3 nitrogen and oxygen atoms in total. The lowest BCUT2D eigenvalue weighted by Gasteiger charge is -2.03. The van der Waals surface area contributed by atoms with Crippen molar-refractivity contribution in [2.75, 3.05) is 6.61 Å². The van der Waals surface area contributed by atoms with Crippen molar-refractivity contribution in [3.63, 3.8) is 0 Å². The lowest BCUT2D eigenvalue weighted by Crippen LogP contribution is -1.95. The van der Waals surface area contributed by atoms with Crippen LogP contribution in [0.4, 0.5) is 0 Å². The van der Waals surface area contributed by atoms with Crippen LogP contribution in [0.25, 0.3) is 0 Å². The zero-order valence-electron chi connectivity index (χ0n) is 8.64. The molecular formula is C12H14O3. The first-order valence-corrected chi connectivity index (χ1v) is 4.83. The molecule has 0 aliphatic rings. The van der Waals surface area contributed by atoms with Crippen molar-refractivity contribution in [3.05, 3.63) is 42.0 Å². The maximum atomic E-state index is 10.2. The third kappa shape index (κ3) is 4.31. The molecule has 3 heteroatoms. The molecule has 0 aliphatic carbocycles. The van der Waals surface area contributed by atoms with Crippen molar-refractivity contribution >= 4 is 5.97 Å². The topological polar surface area (TPSA) is 46.5 Å². The second-order valence-corrected chi connectivity index (χ2v) is 3.05. The Hall–Kier alpha value is -1.77. The Morgan fingerprint density at radius 3 is 2.60 bits per heavy atom. The zero-order valence-corrected chi connectivity index (χ0v) is 8.64. The lowest BCUT2D eigenvalue weighted by molar-refractivity contribution is -0.131. The Morgan fingerprint density at radius 1 is 1.40 bits per heavy atom. The van der Waals surface area contributed by atoms with E-state index in [9.17, 15) is 4.79 Å². The minimum absolute atomic E-state index is 0.276. The van der Waals surface area contributed by atoms with Crippen LogP contribution in [-0.4, -0.2) is 17.7 Å². The Labute approximate surface area is 89.0 Å². The summed E-state index contributed by atoms with van der Waals surface area (Å²) >= 11 is 0. The van der Waals surface area contributed by atoms with Crippen molar-refractivity contribution in [1.82, 2.24) is 0 Å². The third-order valence-electron chi connectivity index (χ3n) is 1.94. The number of rotatable bonds is 5. The van der Waals surface area contributed by atoms with Gasteiger partial charge in [-0.1, -0.05) is 19.1 Å². The van der Waals surface area contributed by atoms with Crippen LogP contribution < -0.4 is 4.74 Å². The molecule has 0 radical (unpaired) electrons. The summed E-state index contributed by atoms with van der Waals surface area (Å²) < 4.78 is 5.31. The van der Waals surface area contributed by atoms with Crippen molar-refractivity contribution in [2.24, 2.45) is 0 Å². The van der Waals surface area contributed by atoms with E-state index in [0.717, 1.165) is 18.2 Å². The van der Waals surface area contributed by atoms with Crippen molar-refractivity contribution in [1.29, 1.82) is 0 Å². The molecule has 0 aliphatic heterocycles. The highest BCUT2D eigenvalue weighted by atomic mass is 16.5. The maximum absolute atomic E-state index is 10.2. The van der Waals surface area contributed by atoms with Crippen LogP contribution in [0.2, 0.25) is 0 Å². The largest absolute Gasteiger partial charge is 0.490 e. The molecule has 0 saturated carbocycles. The minimum Gasteiger partial charge on any atom is -0.490 e. The monoisotopic (exact) mass is 206 g/mol. The molecule has 15 heavy (non-hydrogen) atoms. The molecule has 0 aromatic heterocycles. The Morgan fingerprint density at radius 2 is 2.07 bits per heavy atom. The average molecular weight is 206 g/mol. The van der Waals surface area contributed by atoms with Gasteiger partial charge in [-0.15, -0.1) is 0 Å². The standard InChI is InChI=1S/C12H14O3/c1-2-10-5-7-11(8-6-10)15-9-3-4-12(13)14/h3-8H,2,9H2,1H3,(H,13,14)/b4-3+. The number of ether oxygens (including phenoxy) is 1. The minimum atomic E-state index is -0.958. The SMILES string of the molecule is CCc1ccc(OC/C=C/C(=O)O)cc1. The smallest absolute Gasteiger partial charge is 0.328 e. The van der Waals surface area contributed by atoms with E-state index in [1.54, 1.807) is 0 Å². The van der Waals surface area contributed by atoms with Crippen molar-refractivity contribution < 1.29 is 14.6 Å². The normalized spacial score (nSPS) is 10.5. The number of hydrogen-bond acceptors (Lipinski definition) is 2.